The fourth-order valence-corrected chi connectivity index (χ4v) is 2.88. The van der Waals surface area contributed by atoms with Gasteiger partial charge in [0.2, 0.25) is 0 Å². The lowest BCUT2D eigenvalue weighted by atomic mass is 10.0. The summed E-state index contributed by atoms with van der Waals surface area (Å²) in [4.78, 5) is 17.3. The van der Waals surface area contributed by atoms with Gasteiger partial charge in [-0.1, -0.05) is 30.3 Å². The molecule has 0 aliphatic rings. The molecular formula is C19H23ClN4O2. The first-order valence-corrected chi connectivity index (χ1v) is 8.17. The van der Waals surface area contributed by atoms with E-state index in [1.165, 1.54) is 0 Å². The zero-order valence-corrected chi connectivity index (χ0v) is 15.9. The number of nitrogens with two attached hydrogens (primary N) is 1. The fourth-order valence-electron chi connectivity index (χ4n) is 2.88. The van der Waals surface area contributed by atoms with Crippen molar-refractivity contribution in [3.8, 4) is 0 Å². The molecule has 2 aromatic carbocycles. The van der Waals surface area contributed by atoms with Gasteiger partial charge >= 0.3 is 0 Å². The van der Waals surface area contributed by atoms with Crippen molar-refractivity contribution in [3.63, 3.8) is 0 Å². The minimum absolute atomic E-state index is 0. The van der Waals surface area contributed by atoms with Crippen LogP contribution < -0.4 is 11.1 Å². The maximum atomic E-state index is 12.6. The molecule has 0 spiro atoms. The van der Waals surface area contributed by atoms with E-state index in [2.05, 4.69) is 5.32 Å². The number of pyridine rings is 1. The van der Waals surface area contributed by atoms with Gasteiger partial charge in [0, 0.05) is 10.8 Å². The van der Waals surface area contributed by atoms with Gasteiger partial charge in [0.1, 0.15) is 0 Å². The number of amides is 1. The summed E-state index contributed by atoms with van der Waals surface area (Å²) in [6, 6.07) is 11.2. The molecule has 0 atom stereocenters. The Hall–Kier alpha value is -2.41. The molecule has 0 bridgehead atoms. The molecule has 0 fully saturated rings. The van der Waals surface area contributed by atoms with Crippen molar-refractivity contribution in [3.05, 3.63) is 52.7 Å². The third-order valence-electron chi connectivity index (χ3n) is 4.26. The van der Waals surface area contributed by atoms with Crippen LogP contribution in [0.15, 0.2) is 36.4 Å². The highest BCUT2D eigenvalue weighted by atomic mass is 35.5. The summed E-state index contributed by atoms with van der Waals surface area (Å²) in [6.45, 7) is 2.57. The summed E-state index contributed by atoms with van der Waals surface area (Å²) in [6.07, 6.45) is 0. The van der Waals surface area contributed by atoms with Gasteiger partial charge in [0.05, 0.1) is 49.5 Å². The summed E-state index contributed by atoms with van der Waals surface area (Å²) < 4.78 is -0.454. The number of para-hydroxylation sites is 2. The van der Waals surface area contributed by atoms with E-state index in [4.69, 9.17) is 10.7 Å². The SMILES string of the molecule is Cc1cccc2c(N)c3cccc(C(=O)NCC[N+](C)(C)[O-])c3nc12.Cl. The zero-order valence-electron chi connectivity index (χ0n) is 15.1. The maximum absolute atomic E-state index is 12.6. The number of aromatic nitrogens is 1. The van der Waals surface area contributed by atoms with Gasteiger partial charge in [0.15, 0.2) is 0 Å². The normalized spacial score (nSPS) is 11.4. The summed E-state index contributed by atoms with van der Waals surface area (Å²) in [5.74, 6) is -0.251. The molecule has 3 aromatic rings. The number of hydroxylamine groups is 3. The minimum atomic E-state index is -0.454. The van der Waals surface area contributed by atoms with Crippen molar-refractivity contribution in [2.45, 2.75) is 6.92 Å². The van der Waals surface area contributed by atoms with Crippen molar-refractivity contribution < 1.29 is 9.44 Å². The number of fused-ring (bicyclic) bond motifs is 2. The highest BCUT2D eigenvalue weighted by molar-refractivity contribution is 6.13. The number of carbonyl (C=O) groups excluding carboxylic acids is 1. The smallest absolute Gasteiger partial charge is 0.253 e. The molecule has 0 aliphatic carbocycles. The predicted octanol–water partition coefficient (Wildman–Crippen LogP) is 3.00. The lowest BCUT2D eigenvalue weighted by molar-refractivity contribution is -0.838. The second-order valence-electron chi connectivity index (χ2n) is 6.75. The second-order valence-corrected chi connectivity index (χ2v) is 6.75. The Morgan fingerprint density at radius 3 is 2.42 bits per heavy atom. The Balaban J connectivity index is 0.00000243. The second kappa shape index (κ2) is 7.45. The van der Waals surface area contributed by atoms with Gasteiger partial charge in [-0.05, 0) is 18.6 Å². The van der Waals surface area contributed by atoms with E-state index >= 15 is 0 Å². The number of hydrogen-bond acceptors (Lipinski definition) is 4. The van der Waals surface area contributed by atoms with E-state index < -0.39 is 4.65 Å². The molecule has 1 heterocycles. The first-order chi connectivity index (χ1) is 11.8. The molecule has 0 aliphatic heterocycles. The van der Waals surface area contributed by atoms with Crippen LogP contribution in [0, 0.1) is 12.1 Å². The van der Waals surface area contributed by atoms with Crippen LogP contribution in [0.4, 0.5) is 5.69 Å². The molecule has 0 saturated carbocycles. The number of anilines is 1. The number of nitrogens with one attached hydrogen (secondary N) is 1. The van der Waals surface area contributed by atoms with Gasteiger partial charge in [0.25, 0.3) is 5.91 Å². The molecule has 3 rings (SSSR count). The molecule has 26 heavy (non-hydrogen) atoms. The number of carbonyl (C=O) groups is 1. The Kier molecular flexibility index (Phi) is 5.71. The molecule has 1 aromatic heterocycles. The van der Waals surface area contributed by atoms with E-state index in [0.717, 1.165) is 21.9 Å². The van der Waals surface area contributed by atoms with E-state index in [9.17, 15) is 10.0 Å². The molecule has 7 heteroatoms. The number of rotatable bonds is 4. The van der Waals surface area contributed by atoms with Crippen molar-refractivity contribution in [1.29, 1.82) is 0 Å². The first-order valence-electron chi connectivity index (χ1n) is 8.17. The number of nitrogens with zero attached hydrogens (tertiary/aromatic N) is 2. The molecule has 1 amide bonds. The number of quaternary nitrogens is 1. The predicted molar refractivity (Wildman–Crippen MR) is 108 cm³/mol. The topological polar surface area (TPSA) is 91.1 Å². The molecule has 0 saturated heterocycles. The molecule has 6 nitrogen and oxygen atoms in total. The van der Waals surface area contributed by atoms with Crippen LogP contribution in [0.2, 0.25) is 0 Å². The average Bonchev–Trinajstić information content (AvgIpc) is 2.54. The number of likely N-dealkylation sites (N-methyl/N-ethyl adjacent to an activating group) is 1. The third kappa shape index (κ3) is 3.88. The van der Waals surface area contributed by atoms with Crippen LogP contribution in [0.1, 0.15) is 15.9 Å². The Labute approximate surface area is 158 Å². The largest absolute Gasteiger partial charge is 0.633 e. The quantitative estimate of drug-likeness (QED) is 0.417. The van der Waals surface area contributed by atoms with Crippen LogP contribution in [0.25, 0.3) is 21.8 Å². The third-order valence-corrected chi connectivity index (χ3v) is 4.26. The molecule has 138 valence electrons. The van der Waals surface area contributed by atoms with Crippen molar-refractivity contribution in [2.24, 2.45) is 0 Å². The summed E-state index contributed by atoms with van der Waals surface area (Å²) in [7, 11) is 3.09. The van der Waals surface area contributed by atoms with E-state index in [-0.39, 0.29) is 18.3 Å². The number of hydrogen-bond donors (Lipinski definition) is 2. The summed E-state index contributed by atoms with van der Waals surface area (Å²) in [5.41, 5.74) is 9.80. The van der Waals surface area contributed by atoms with Crippen molar-refractivity contribution in [2.75, 3.05) is 32.9 Å². The number of nitrogen functional groups attached to an aromatic ring is 1. The van der Waals surface area contributed by atoms with E-state index in [0.29, 0.717) is 29.9 Å². The van der Waals surface area contributed by atoms with Gasteiger partial charge < -0.3 is 20.9 Å². The van der Waals surface area contributed by atoms with Crippen molar-refractivity contribution in [1.82, 2.24) is 10.3 Å². The average molecular weight is 375 g/mol. The number of benzene rings is 2. The Morgan fingerprint density at radius 2 is 1.77 bits per heavy atom. The van der Waals surface area contributed by atoms with Gasteiger partial charge in [-0.3, -0.25) is 4.79 Å². The van der Waals surface area contributed by atoms with Gasteiger partial charge in [-0.25, -0.2) is 4.98 Å². The number of aryl methyl sites for hydroxylation is 1. The maximum Gasteiger partial charge on any atom is 0.253 e. The van der Waals surface area contributed by atoms with Crippen molar-refractivity contribution >= 4 is 45.8 Å². The lowest BCUT2D eigenvalue weighted by Gasteiger charge is -2.33. The minimum Gasteiger partial charge on any atom is -0.633 e. The van der Waals surface area contributed by atoms with E-state index in [1.807, 2.05) is 31.2 Å². The van der Waals surface area contributed by atoms with Crippen LogP contribution in [-0.2, 0) is 0 Å². The van der Waals surface area contributed by atoms with Gasteiger partial charge in [-0.15, -0.1) is 12.4 Å². The van der Waals surface area contributed by atoms with Crippen LogP contribution >= 0.6 is 12.4 Å². The van der Waals surface area contributed by atoms with Gasteiger partial charge in [-0.2, -0.15) is 0 Å². The Morgan fingerprint density at radius 1 is 1.15 bits per heavy atom. The monoisotopic (exact) mass is 374 g/mol. The van der Waals surface area contributed by atoms with Crippen LogP contribution in [0.3, 0.4) is 0 Å². The molecule has 0 unspecified atom stereocenters. The standard InChI is InChI=1S/C19H22N4O2.ClH/c1-12-6-4-7-13-16(20)14-8-5-9-15(18(14)22-17(12)13)19(24)21-10-11-23(2,3)25;/h4-9H,10-11H2,1-3H3,(H2,20,22)(H,21,24);1H. The zero-order chi connectivity index (χ0) is 18.2. The number of halogens is 1. The highest BCUT2D eigenvalue weighted by Gasteiger charge is 2.15. The van der Waals surface area contributed by atoms with Crippen LogP contribution in [0.5, 0.6) is 0 Å². The van der Waals surface area contributed by atoms with Crippen LogP contribution in [-0.4, -0.2) is 42.7 Å². The first kappa shape index (κ1) is 19.9. The summed E-state index contributed by atoms with van der Waals surface area (Å²) in [5, 5.41) is 16.1. The highest BCUT2D eigenvalue weighted by Crippen LogP contribution is 2.31. The summed E-state index contributed by atoms with van der Waals surface area (Å²) >= 11 is 0. The molecular weight excluding hydrogens is 352 g/mol. The fraction of sp³-hybridized carbons (Fsp3) is 0.263. The lowest BCUT2D eigenvalue weighted by Crippen LogP contribution is -2.40. The van der Waals surface area contributed by atoms with E-state index in [1.54, 1.807) is 26.2 Å². The molecule has 0 radical (unpaired) electrons. The molecule has 3 N–H and O–H groups in total. The Bertz CT molecular complexity index is 967.